The van der Waals surface area contributed by atoms with Gasteiger partial charge in [-0.25, -0.2) is 15.0 Å². The van der Waals surface area contributed by atoms with E-state index in [0.29, 0.717) is 17.5 Å². The number of hydrogen-bond acceptors (Lipinski definition) is 3. The van der Waals surface area contributed by atoms with Crippen LogP contribution in [0.4, 0.5) is 0 Å². The van der Waals surface area contributed by atoms with Gasteiger partial charge in [-0.1, -0.05) is 196 Å². The number of rotatable bonds is 5. The van der Waals surface area contributed by atoms with Gasteiger partial charge < -0.3 is 0 Å². The summed E-state index contributed by atoms with van der Waals surface area (Å²) in [6, 6.07) is 71.9. The Morgan fingerprint density at radius 3 is 1.36 bits per heavy atom. The molecule has 11 rings (SSSR count). The van der Waals surface area contributed by atoms with Crippen LogP contribution < -0.4 is 0 Å². The van der Waals surface area contributed by atoms with Crippen LogP contribution in [0.2, 0.25) is 0 Å². The standard InChI is InChI=1S/C55H39N3/c1-54(2)47-26-14-16-28-49(47)55(50-29-17-15-27-48(50)54)45-25-13-12-24-41(45)44-35-40(31-33-46(44)55)52-56-51(38-22-10-5-11-23-38)57-53(58-52)42-32-30-39(36-18-6-3-7-19-36)34-43(42)37-20-8-4-9-21-37/h3-35H,1-2H3. The zero-order valence-corrected chi connectivity index (χ0v) is 32.4. The molecule has 0 bridgehead atoms. The molecule has 1 spiro atoms. The maximum atomic E-state index is 5.34. The summed E-state index contributed by atoms with van der Waals surface area (Å²) in [6.45, 7) is 4.73. The second kappa shape index (κ2) is 13.2. The van der Waals surface area contributed by atoms with Crippen LogP contribution in [0.3, 0.4) is 0 Å². The van der Waals surface area contributed by atoms with Crippen LogP contribution in [-0.2, 0) is 10.8 Å². The van der Waals surface area contributed by atoms with Crippen molar-refractivity contribution in [2.24, 2.45) is 0 Å². The van der Waals surface area contributed by atoms with E-state index < -0.39 is 5.41 Å². The molecule has 0 radical (unpaired) electrons. The number of nitrogens with zero attached hydrogens (tertiary/aromatic N) is 3. The second-order valence-corrected chi connectivity index (χ2v) is 15.9. The lowest BCUT2D eigenvalue weighted by Gasteiger charge is -2.46. The summed E-state index contributed by atoms with van der Waals surface area (Å²) in [5.41, 5.74) is 17.2. The van der Waals surface area contributed by atoms with Crippen molar-refractivity contribution in [2.75, 3.05) is 0 Å². The summed E-state index contributed by atoms with van der Waals surface area (Å²) in [5.74, 6) is 1.92. The minimum absolute atomic E-state index is 0.150. The fraction of sp³-hybridized carbons (Fsp3) is 0.0727. The summed E-state index contributed by atoms with van der Waals surface area (Å²) in [4.78, 5) is 15.8. The van der Waals surface area contributed by atoms with Crippen molar-refractivity contribution >= 4 is 0 Å². The van der Waals surface area contributed by atoms with E-state index in [1.807, 2.05) is 18.2 Å². The smallest absolute Gasteiger partial charge is 0.164 e. The first-order valence-corrected chi connectivity index (χ1v) is 20.0. The topological polar surface area (TPSA) is 38.7 Å². The van der Waals surface area contributed by atoms with E-state index in [1.165, 1.54) is 44.5 Å². The number of hydrogen-bond donors (Lipinski definition) is 0. The van der Waals surface area contributed by atoms with Gasteiger partial charge in [0, 0.05) is 22.1 Å². The Bertz CT molecular complexity index is 2970. The first kappa shape index (κ1) is 34.1. The lowest BCUT2D eigenvalue weighted by atomic mass is 9.55. The molecular weight excluding hydrogens is 703 g/mol. The third kappa shape index (κ3) is 5.10. The molecule has 2 aliphatic carbocycles. The number of fused-ring (bicyclic) bond motifs is 9. The van der Waals surface area contributed by atoms with Crippen molar-refractivity contribution in [3.05, 3.63) is 234 Å². The van der Waals surface area contributed by atoms with Gasteiger partial charge >= 0.3 is 0 Å². The van der Waals surface area contributed by atoms with E-state index in [1.54, 1.807) is 0 Å². The van der Waals surface area contributed by atoms with Crippen molar-refractivity contribution in [2.45, 2.75) is 24.7 Å². The average molecular weight is 742 g/mol. The highest BCUT2D eigenvalue weighted by molar-refractivity contribution is 5.91. The Morgan fingerprint density at radius 2 is 0.724 bits per heavy atom. The van der Waals surface area contributed by atoms with Gasteiger partial charge in [-0.15, -0.1) is 0 Å². The highest BCUT2D eigenvalue weighted by Gasteiger charge is 2.53. The third-order valence-electron chi connectivity index (χ3n) is 12.4. The van der Waals surface area contributed by atoms with Crippen LogP contribution in [0.5, 0.6) is 0 Å². The quantitative estimate of drug-likeness (QED) is 0.176. The lowest BCUT2D eigenvalue weighted by molar-refractivity contribution is 0.563. The Labute approximate surface area is 339 Å². The molecule has 8 aromatic carbocycles. The van der Waals surface area contributed by atoms with Gasteiger partial charge in [-0.05, 0) is 85.0 Å². The largest absolute Gasteiger partial charge is 0.208 e. The van der Waals surface area contributed by atoms with Crippen LogP contribution in [0.25, 0.3) is 67.5 Å². The molecule has 0 atom stereocenters. The molecule has 3 nitrogen and oxygen atoms in total. The van der Waals surface area contributed by atoms with E-state index in [-0.39, 0.29) is 5.41 Å². The molecular formula is C55H39N3. The maximum absolute atomic E-state index is 5.34. The highest BCUT2D eigenvalue weighted by Crippen LogP contribution is 2.62. The molecule has 58 heavy (non-hydrogen) atoms. The summed E-state index contributed by atoms with van der Waals surface area (Å²) in [6.07, 6.45) is 0. The Balaban J connectivity index is 1.14. The van der Waals surface area contributed by atoms with Gasteiger partial charge in [0.25, 0.3) is 0 Å². The molecule has 9 aromatic rings. The van der Waals surface area contributed by atoms with Crippen molar-refractivity contribution in [3.63, 3.8) is 0 Å². The van der Waals surface area contributed by atoms with E-state index in [9.17, 15) is 0 Å². The molecule has 3 heteroatoms. The van der Waals surface area contributed by atoms with Crippen molar-refractivity contribution in [3.8, 4) is 67.5 Å². The molecule has 0 amide bonds. The van der Waals surface area contributed by atoms with Gasteiger partial charge in [0.1, 0.15) is 0 Å². The van der Waals surface area contributed by atoms with Gasteiger partial charge in [0.05, 0.1) is 5.41 Å². The van der Waals surface area contributed by atoms with E-state index in [4.69, 9.17) is 15.0 Å². The molecule has 0 unspecified atom stereocenters. The van der Waals surface area contributed by atoms with Gasteiger partial charge in [-0.3, -0.25) is 0 Å². The Kier molecular flexibility index (Phi) is 7.74. The molecule has 0 saturated heterocycles. The van der Waals surface area contributed by atoms with Crippen molar-refractivity contribution in [1.82, 2.24) is 15.0 Å². The van der Waals surface area contributed by atoms with Crippen molar-refractivity contribution in [1.29, 1.82) is 0 Å². The molecule has 0 fully saturated rings. The SMILES string of the molecule is CC1(C)c2ccccc2C2(c3ccccc3-c3cc(-c4nc(-c5ccccc5)nc(-c5ccc(-c6ccccc6)cc5-c5ccccc5)n4)ccc32)c2ccccc21. The Hall–Kier alpha value is -7.23. The van der Waals surface area contributed by atoms with E-state index in [2.05, 4.69) is 196 Å². The zero-order chi connectivity index (χ0) is 38.8. The summed E-state index contributed by atoms with van der Waals surface area (Å²) in [5, 5.41) is 0. The first-order valence-electron chi connectivity index (χ1n) is 20.0. The van der Waals surface area contributed by atoms with Crippen LogP contribution in [0, 0.1) is 0 Å². The normalized spacial score (nSPS) is 14.0. The number of benzene rings is 8. The molecule has 1 aromatic heterocycles. The second-order valence-electron chi connectivity index (χ2n) is 15.9. The summed E-state index contributed by atoms with van der Waals surface area (Å²) in [7, 11) is 0. The summed E-state index contributed by atoms with van der Waals surface area (Å²) < 4.78 is 0. The van der Waals surface area contributed by atoms with Crippen LogP contribution in [-0.4, -0.2) is 15.0 Å². The monoisotopic (exact) mass is 741 g/mol. The molecule has 274 valence electrons. The van der Waals surface area contributed by atoms with Gasteiger partial charge in [0.15, 0.2) is 17.5 Å². The predicted molar refractivity (Wildman–Crippen MR) is 236 cm³/mol. The Morgan fingerprint density at radius 1 is 0.276 bits per heavy atom. The fourth-order valence-corrected chi connectivity index (χ4v) is 9.75. The van der Waals surface area contributed by atoms with E-state index >= 15 is 0 Å². The van der Waals surface area contributed by atoms with Crippen LogP contribution in [0.1, 0.15) is 47.2 Å². The van der Waals surface area contributed by atoms with E-state index in [0.717, 1.165) is 38.9 Å². The van der Waals surface area contributed by atoms with Crippen LogP contribution >= 0.6 is 0 Å². The molecule has 0 N–H and O–H groups in total. The maximum Gasteiger partial charge on any atom is 0.164 e. The van der Waals surface area contributed by atoms with Gasteiger partial charge in [0.2, 0.25) is 0 Å². The lowest BCUT2D eigenvalue weighted by Crippen LogP contribution is -2.40. The fourth-order valence-electron chi connectivity index (χ4n) is 9.75. The molecule has 0 aliphatic heterocycles. The predicted octanol–water partition coefficient (Wildman–Crippen LogP) is 13.2. The third-order valence-corrected chi connectivity index (χ3v) is 12.4. The minimum Gasteiger partial charge on any atom is -0.208 e. The zero-order valence-electron chi connectivity index (χ0n) is 32.4. The molecule has 2 aliphatic rings. The average Bonchev–Trinajstić information content (AvgIpc) is 3.59. The minimum atomic E-state index is -0.461. The van der Waals surface area contributed by atoms with Gasteiger partial charge in [-0.2, -0.15) is 0 Å². The highest BCUT2D eigenvalue weighted by atomic mass is 15.0. The summed E-state index contributed by atoms with van der Waals surface area (Å²) >= 11 is 0. The number of aromatic nitrogens is 3. The first-order chi connectivity index (χ1) is 28.5. The molecule has 0 saturated carbocycles. The van der Waals surface area contributed by atoms with Crippen molar-refractivity contribution < 1.29 is 0 Å². The molecule has 1 heterocycles. The van der Waals surface area contributed by atoms with Crippen LogP contribution in [0.15, 0.2) is 200 Å².